The lowest BCUT2D eigenvalue weighted by Gasteiger charge is -2.30. The van der Waals surface area contributed by atoms with Crippen LogP contribution in [0.15, 0.2) is 46.9 Å². The summed E-state index contributed by atoms with van der Waals surface area (Å²) >= 11 is 3.40. The molecule has 0 radical (unpaired) electrons. The molecule has 2 atom stereocenters. The molecule has 2 aromatic rings. The highest BCUT2D eigenvalue weighted by Gasteiger charge is 2.27. The number of rotatable bonds is 1. The molecule has 1 aliphatic heterocycles. The molecule has 2 aromatic carbocycles. The van der Waals surface area contributed by atoms with E-state index < -0.39 is 0 Å². The highest BCUT2D eigenvalue weighted by molar-refractivity contribution is 9.10. The lowest BCUT2D eigenvalue weighted by Crippen LogP contribution is -2.24. The van der Waals surface area contributed by atoms with Crippen LogP contribution in [0.2, 0.25) is 0 Å². The molecule has 1 aliphatic rings. The van der Waals surface area contributed by atoms with Crippen LogP contribution < -0.4 is 10.5 Å². The molecular weight excluding hydrogens is 309 g/mol. The SMILES string of the molecule is NC1CC(c2ccc(Br)cc2)Oc2cc(F)ccc21. The van der Waals surface area contributed by atoms with Crippen LogP contribution >= 0.6 is 15.9 Å². The maximum absolute atomic E-state index is 13.3. The van der Waals surface area contributed by atoms with Gasteiger partial charge in [-0.2, -0.15) is 0 Å². The monoisotopic (exact) mass is 321 g/mol. The van der Waals surface area contributed by atoms with E-state index in [0.717, 1.165) is 15.6 Å². The average Bonchev–Trinajstić information content (AvgIpc) is 2.38. The normalized spacial score (nSPS) is 21.6. The quantitative estimate of drug-likeness (QED) is 0.857. The molecule has 0 bridgehead atoms. The first-order chi connectivity index (χ1) is 9.13. The van der Waals surface area contributed by atoms with Crippen molar-refractivity contribution in [3.05, 3.63) is 63.9 Å². The molecule has 0 saturated heterocycles. The molecular formula is C15H13BrFNO. The number of fused-ring (bicyclic) bond motifs is 1. The fourth-order valence-electron chi connectivity index (χ4n) is 2.36. The Hall–Kier alpha value is -1.39. The van der Waals surface area contributed by atoms with Crippen LogP contribution in [0.3, 0.4) is 0 Å². The number of hydrogen-bond donors (Lipinski definition) is 1. The first kappa shape index (κ1) is 12.6. The van der Waals surface area contributed by atoms with Crippen LogP contribution in [0.4, 0.5) is 4.39 Å². The molecule has 1 heterocycles. The molecule has 0 saturated carbocycles. The summed E-state index contributed by atoms with van der Waals surface area (Å²) in [6.45, 7) is 0. The average molecular weight is 322 g/mol. The van der Waals surface area contributed by atoms with E-state index >= 15 is 0 Å². The van der Waals surface area contributed by atoms with Crippen molar-refractivity contribution in [1.29, 1.82) is 0 Å². The van der Waals surface area contributed by atoms with Gasteiger partial charge in [0.2, 0.25) is 0 Å². The van der Waals surface area contributed by atoms with Gasteiger partial charge in [-0.1, -0.05) is 34.1 Å². The van der Waals surface area contributed by atoms with Gasteiger partial charge in [0, 0.05) is 28.6 Å². The van der Waals surface area contributed by atoms with E-state index in [9.17, 15) is 4.39 Å². The maximum Gasteiger partial charge on any atom is 0.127 e. The highest BCUT2D eigenvalue weighted by Crippen LogP contribution is 2.40. The minimum Gasteiger partial charge on any atom is -0.485 e. The predicted octanol–water partition coefficient (Wildman–Crippen LogP) is 4.11. The molecule has 2 nitrogen and oxygen atoms in total. The topological polar surface area (TPSA) is 35.2 Å². The third-order valence-corrected chi connectivity index (χ3v) is 3.88. The van der Waals surface area contributed by atoms with Crippen molar-refractivity contribution in [2.75, 3.05) is 0 Å². The van der Waals surface area contributed by atoms with E-state index in [1.807, 2.05) is 24.3 Å². The van der Waals surface area contributed by atoms with E-state index in [4.69, 9.17) is 10.5 Å². The summed E-state index contributed by atoms with van der Waals surface area (Å²) in [7, 11) is 0. The largest absolute Gasteiger partial charge is 0.485 e. The van der Waals surface area contributed by atoms with E-state index in [1.165, 1.54) is 12.1 Å². The number of halogens is 2. The molecule has 2 unspecified atom stereocenters. The molecule has 98 valence electrons. The first-order valence-corrected chi connectivity index (χ1v) is 6.90. The zero-order chi connectivity index (χ0) is 13.4. The van der Waals surface area contributed by atoms with Crippen LogP contribution in [-0.4, -0.2) is 0 Å². The number of benzene rings is 2. The molecule has 0 amide bonds. The minimum absolute atomic E-state index is 0.127. The van der Waals surface area contributed by atoms with Crippen molar-refractivity contribution in [1.82, 2.24) is 0 Å². The smallest absolute Gasteiger partial charge is 0.127 e. The van der Waals surface area contributed by atoms with Crippen LogP contribution in [0.1, 0.15) is 29.7 Å². The van der Waals surface area contributed by atoms with Gasteiger partial charge in [0.1, 0.15) is 17.7 Å². The predicted molar refractivity (Wildman–Crippen MR) is 75.5 cm³/mol. The van der Waals surface area contributed by atoms with Crippen molar-refractivity contribution in [2.45, 2.75) is 18.6 Å². The third kappa shape index (κ3) is 2.51. The number of nitrogens with two attached hydrogens (primary N) is 1. The number of hydrogen-bond acceptors (Lipinski definition) is 2. The molecule has 4 heteroatoms. The molecule has 19 heavy (non-hydrogen) atoms. The summed E-state index contributed by atoms with van der Waals surface area (Å²) in [4.78, 5) is 0. The van der Waals surface area contributed by atoms with Gasteiger partial charge >= 0.3 is 0 Å². The lowest BCUT2D eigenvalue weighted by atomic mass is 9.93. The highest BCUT2D eigenvalue weighted by atomic mass is 79.9. The summed E-state index contributed by atoms with van der Waals surface area (Å²) in [6.07, 6.45) is 0.567. The fraction of sp³-hybridized carbons (Fsp3) is 0.200. The van der Waals surface area contributed by atoms with Gasteiger partial charge in [-0.05, 0) is 23.8 Å². The van der Waals surface area contributed by atoms with E-state index in [1.54, 1.807) is 6.07 Å². The maximum atomic E-state index is 13.3. The molecule has 3 rings (SSSR count). The van der Waals surface area contributed by atoms with Gasteiger partial charge in [-0.3, -0.25) is 0 Å². The summed E-state index contributed by atoms with van der Waals surface area (Å²) < 4.78 is 20.2. The van der Waals surface area contributed by atoms with Crippen molar-refractivity contribution < 1.29 is 9.13 Å². The first-order valence-electron chi connectivity index (χ1n) is 6.10. The van der Waals surface area contributed by atoms with Crippen molar-refractivity contribution >= 4 is 15.9 Å². The third-order valence-electron chi connectivity index (χ3n) is 3.35. The Kier molecular flexibility index (Phi) is 3.29. The van der Waals surface area contributed by atoms with Gasteiger partial charge in [-0.25, -0.2) is 4.39 Å². The van der Waals surface area contributed by atoms with E-state index in [0.29, 0.717) is 12.2 Å². The van der Waals surface area contributed by atoms with Crippen molar-refractivity contribution in [3.8, 4) is 5.75 Å². The van der Waals surface area contributed by atoms with Gasteiger partial charge in [0.15, 0.2) is 0 Å². The van der Waals surface area contributed by atoms with Crippen LogP contribution in [-0.2, 0) is 0 Å². The Morgan fingerprint density at radius 2 is 1.89 bits per heavy atom. The molecule has 2 N–H and O–H groups in total. The summed E-state index contributed by atoms with van der Waals surface area (Å²) in [5.41, 5.74) is 8.06. The van der Waals surface area contributed by atoms with Gasteiger partial charge in [0.05, 0.1) is 0 Å². The second-order valence-corrected chi connectivity index (χ2v) is 5.60. The Bertz CT molecular complexity index is 600. The second-order valence-electron chi connectivity index (χ2n) is 4.68. The zero-order valence-electron chi connectivity index (χ0n) is 10.1. The molecule has 0 fully saturated rings. The minimum atomic E-state index is -0.303. The summed E-state index contributed by atoms with van der Waals surface area (Å²) in [5.74, 6) is 0.245. The molecule has 0 spiro atoms. The standard InChI is InChI=1S/C15H13BrFNO/c16-10-3-1-9(2-4-10)14-8-13(18)12-6-5-11(17)7-15(12)19-14/h1-7,13-14H,8,18H2. The molecule has 0 aliphatic carbocycles. The molecule has 0 aromatic heterocycles. The number of ether oxygens (including phenoxy) is 1. The van der Waals surface area contributed by atoms with Gasteiger partial charge < -0.3 is 10.5 Å². The van der Waals surface area contributed by atoms with Crippen molar-refractivity contribution in [3.63, 3.8) is 0 Å². The van der Waals surface area contributed by atoms with Gasteiger partial charge in [-0.15, -0.1) is 0 Å². The van der Waals surface area contributed by atoms with E-state index in [-0.39, 0.29) is 18.0 Å². The van der Waals surface area contributed by atoms with Crippen LogP contribution in [0.25, 0.3) is 0 Å². The van der Waals surface area contributed by atoms with Crippen molar-refractivity contribution in [2.24, 2.45) is 5.73 Å². The summed E-state index contributed by atoms with van der Waals surface area (Å²) in [6, 6.07) is 12.3. The Labute approximate surface area is 119 Å². The van der Waals surface area contributed by atoms with Gasteiger partial charge in [0.25, 0.3) is 0 Å². The van der Waals surface area contributed by atoms with E-state index in [2.05, 4.69) is 15.9 Å². The fourth-order valence-corrected chi connectivity index (χ4v) is 2.62. The second kappa shape index (κ2) is 4.94. The Balaban J connectivity index is 1.93. The van der Waals surface area contributed by atoms with Crippen LogP contribution in [0, 0.1) is 5.82 Å². The lowest BCUT2D eigenvalue weighted by molar-refractivity contribution is 0.161. The Morgan fingerprint density at radius 3 is 2.63 bits per heavy atom. The summed E-state index contributed by atoms with van der Waals surface area (Å²) in [5, 5.41) is 0. The zero-order valence-corrected chi connectivity index (χ0v) is 11.7. The Morgan fingerprint density at radius 1 is 1.16 bits per heavy atom. The van der Waals surface area contributed by atoms with Crippen LogP contribution in [0.5, 0.6) is 5.75 Å².